The van der Waals surface area contributed by atoms with Crippen molar-refractivity contribution in [3.05, 3.63) is 24.0 Å². The highest BCUT2D eigenvalue weighted by Crippen LogP contribution is 2.21. The number of aromatic nitrogens is 1. The van der Waals surface area contributed by atoms with Crippen LogP contribution >= 0.6 is 0 Å². The topological polar surface area (TPSA) is 49.3 Å². The number of likely N-dealkylation sites (N-methyl/N-ethyl adjacent to an activating group) is 1. The second-order valence-electron chi connectivity index (χ2n) is 5.34. The normalized spacial score (nSPS) is 16.8. The summed E-state index contributed by atoms with van der Waals surface area (Å²) in [5.74, 6) is 0.0328. The summed E-state index contributed by atoms with van der Waals surface area (Å²) in [6.07, 6.45) is 4.20. The average molecular weight is 264 g/mol. The minimum absolute atomic E-state index is 0.0328. The Hall–Kier alpha value is -1.33. The number of carbonyl (C=O) groups is 1. The van der Waals surface area contributed by atoms with Gasteiger partial charge in [0, 0.05) is 25.3 Å². The van der Waals surface area contributed by atoms with E-state index in [1.54, 1.807) is 0 Å². The molecule has 5 nitrogen and oxygen atoms in total. The van der Waals surface area contributed by atoms with E-state index in [1.165, 1.54) is 0 Å². The molecule has 2 rings (SSSR count). The molecule has 19 heavy (non-hydrogen) atoms. The maximum atomic E-state index is 12.2. The first-order valence-electron chi connectivity index (χ1n) is 6.99. The smallest absolute Gasteiger partial charge is 0.267 e. The van der Waals surface area contributed by atoms with Crippen molar-refractivity contribution >= 4 is 5.91 Å². The second-order valence-corrected chi connectivity index (χ2v) is 5.34. The lowest BCUT2D eigenvalue weighted by atomic mass is 10.1. The fourth-order valence-corrected chi connectivity index (χ4v) is 2.47. The second kappa shape index (κ2) is 6.73. The standard InChI is InChI=1S/C14H24N4O/c1-17(2)11-9-16-14(19)13-4-3-10-18(13)12-5-7-15-8-6-12/h3-4,10,12,15H,5-9,11H2,1-2H3,(H,16,19). The molecule has 106 valence electrons. The Labute approximate surface area is 115 Å². The zero-order valence-electron chi connectivity index (χ0n) is 11.9. The third-order valence-corrected chi connectivity index (χ3v) is 3.56. The van der Waals surface area contributed by atoms with Gasteiger partial charge in [0.2, 0.25) is 0 Å². The maximum absolute atomic E-state index is 12.2. The van der Waals surface area contributed by atoms with Crippen LogP contribution < -0.4 is 10.6 Å². The van der Waals surface area contributed by atoms with Crippen molar-refractivity contribution in [1.82, 2.24) is 20.1 Å². The van der Waals surface area contributed by atoms with Gasteiger partial charge >= 0.3 is 0 Å². The van der Waals surface area contributed by atoms with Gasteiger partial charge in [-0.3, -0.25) is 4.79 Å². The molecule has 1 fully saturated rings. The quantitative estimate of drug-likeness (QED) is 0.823. The van der Waals surface area contributed by atoms with Crippen LogP contribution in [0, 0.1) is 0 Å². The molecule has 2 N–H and O–H groups in total. The third kappa shape index (κ3) is 3.81. The van der Waals surface area contributed by atoms with Crippen LogP contribution in [0.3, 0.4) is 0 Å². The number of nitrogens with zero attached hydrogens (tertiary/aromatic N) is 2. The van der Waals surface area contributed by atoms with Crippen LogP contribution in [-0.2, 0) is 0 Å². The summed E-state index contributed by atoms with van der Waals surface area (Å²) in [6.45, 7) is 3.61. The largest absolute Gasteiger partial charge is 0.349 e. The Morgan fingerprint density at radius 3 is 2.89 bits per heavy atom. The predicted molar refractivity (Wildman–Crippen MR) is 76.5 cm³/mol. The number of amides is 1. The van der Waals surface area contributed by atoms with Crippen molar-refractivity contribution in [1.29, 1.82) is 0 Å². The number of carbonyl (C=O) groups excluding carboxylic acids is 1. The van der Waals surface area contributed by atoms with Crippen molar-refractivity contribution in [2.75, 3.05) is 40.3 Å². The molecule has 2 heterocycles. The number of piperidine rings is 1. The van der Waals surface area contributed by atoms with E-state index < -0.39 is 0 Å². The Kier molecular flexibility index (Phi) is 4.99. The Morgan fingerprint density at radius 1 is 1.47 bits per heavy atom. The van der Waals surface area contributed by atoms with E-state index in [4.69, 9.17) is 0 Å². The summed E-state index contributed by atoms with van der Waals surface area (Å²) in [5.41, 5.74) is 0.783. The molecule has 0 unspecified atom stereocenters. The number of rotatable bonds is 5. The number of hydrogen-bond acceptors (Lipinski definition) is 3. The molecule has 0 bridgehead atoms. The molecule has 0 atom stereocenters. The van der Waals surface area contributed by atoms with Crippen molar-refractivity contribution in [2.45, 2.75) is 18.9 Å². The first-order valence-corrected chi connectivity index (χ1v) is 6.99. The molecule has 1 aromatic heterocycles. The van der Waals surface area contributed by atoms with Gasteiger partial charge in [0.05, 0.1) is 0 Å². The zero-order chi connectivity index (χ0) is 13.7. The monoisotopic (exact) mass is 264 g/mol. The predicted octanol–water partition coefficient (Wildman–Crippen LogP) is 0.704. The van der Waals surface area contributed by atoms with Crippen LogP contribution in [0.4, 0.5) is 0 Å². The Morgan fingerprint density at radius 2 is 2.21 bits per heavy atom. The highest BCUT2D eigenvalue weighted by Gasteiger charge is 2.19. The van der Waals surface area contributed by atoms with Crippen molar-refractivity contribution in [3.63, 3.8) is 0 Å². The lowest BCUT2D eigenvalue weighted by Gasteiger charge is -2.26. The Balaban J connectivity index is 1.96. The molecule has 1 aliphatic rings. The molecular formula is C14H24N4O. The van der Waals surface area contributed by atoms with Crippen LogP contribution in [0.15, 0.2) is 18.3 Å². The van der Waals surface area contributed by atoms with E-state index in [2.05, 4.69) is 20.1 Å². The van der Waals surface area contributed by atoms with E-state index in [0.29, 0.717) is 12.6 Å². The Bertz CT molecular complexity index is 407. The fourth-order valence-electron chi connectivity index (χ4n) is 2.47. The van der Waals surface area contributed by atoms with E-state index >= 15 is 0 Å². The van der Waals surface area contributed by atoms with Gasteiger partial charge in [-0.05, 0) is 52.2 Å². The molecule has 1 saturated heterocycles. The molecule has 0 aromatic carbocycles. The van der Waals surface area contributed by atoms with Crippen molar-refractivity contribution in [2.24, 2.45) is 0 Å². The fraction of sp³-hybridized carbons (Fsp3) is 0.643. The van der Waals surface area contributed by atoms with Crippen LogP contribution in [-0.4, -0.2) is 55.6 Å². The van der Waals surface area contributed by atoms with Gasteiger partial charge in [0.15, 0.2) is 0 Å². The van der Waals surface area contributed by atoms with Crippen LogP contribution in [0.25, 0.3) is 0 Å². The SMILES string of the molecule is CN(C)CCNC(=O)c1cccn1C1CCNCC1. The average Bonchev–Trinajstić information content (AvgIpc) is 2.88. The molecule has 1 amide bonds. The molecule has 1 aliphatic heterocycles. The van der Waals surface area contributed by atoms with E-state index in [0.717, 1.165) is 38.2 Å². The van der Waals surface area contributed by atoms with Crippen molar-refractivity contribution in [3.8, 4) is 0 Å². The van der Waals surface area contributed by atoms with Gasteiger partial charge in [0.1, 0.15) is 5.69 Å². The minimum Gasteiger partial charge on any atom is -0.349 e. The molecular weight excluding hydrogens is 240 g/mol. The summed E-state index contributed by atoms with van der Waals surface area (Å²) in [5, 5.41) is 6.33. The van der Waals surface area contributed by atoms with Crippen molar-refractivity contribution < 1.29 is 4.79 Å². The van der Waals surface area contributed by atoms with Crippen LogP contribution in [0.2, 0.25) is 0 Å². The molecule has 1 aromatic rings. The van der Waals surface area contributed by atoms with Gasteiger partial charge < -0.3 is 20.1 Å². The van der Waals surface area contributed by atoms with Gasteiger partial charge in [-0.1, -0.05) is 0 Å². The van der Waals surface area contributed by atoms with Crippen LogP contribution in [0.5, 0.6) is 0 Å². The first kappa shape index (κ1) is 14.1. The first-order chi connectivity index (χ1) is 9.18. The lowest BCUT2D eigenvalue weighted by Crippen LogP contribution is -2.34. The lowest BCUT2D eigenvalue weighted by molar-refractivity contribution is 0.0938. The molecule has 0 saturated carbocycles. The van der Waals surface area contributed by atoms with Gasteiger partial charge in [-0.15, -0.1) is 0 Å². The van der Waals surface area contributed by atoms with E-state index in [1.807, 2.05) is 32.4 Å². The summed E-state index contributed by atoms with van der Waals surface area (Å²) >= 11 is 0. The van der Waals surface area contributed by atoms with E-state index in [-0.39, 0.29) is 5.91 Å². The maximum Gasteiger partial charge on any atom is 0.267 e. The summed E-state index contributed by atoms with van der Waals surface area (Å²) < 4.78 is 2.13. The van der Waals surface area contributed by atoms with Gasteiger partial charge in [0.25, 0.3) is 5.91 Å². The van der Waals surface area contributed by atoms with Gasteiger partial charge in [-0.25, -0.2) is 0 Å². The molecule has 5 heteroatoms. The highest BCUT2D eigenvalue weighted by molar-refractivity contribution is 5.92. The van der Waals surface area contributed by atoms with Crippen LogP contribution in [0.1, 0.15) is 29.4 Å². The highest BCUT2D eigenvalue weighted by atomic mass is 16.1. The van der Waals surface area contributed by atoms with E-state index in [9.17, 15) is 4.79 Å². The molecule has 0 radical (unpaired) electrons. The summed E-state index contributed by atoms with van der Waals surface area (Å²) in [7, 11) is 4.01. The summed E-state index contributed by atoms with van der Waals surface area (Å²) in [4.78, 5) is 14.2. The zero-order valence-corrected chi connectivity index (χ0v) is 11.9. The minimum atomic E-state index is 0.0328. The summed E-state index contributed by atoms with van der Waals surface area (Å²) in [6, 6.07) is 4.32. The third-order valence-electron chi connectivity index (χ3n) is 3.56. The molecule has 0 aliphatic carbocycles. The molecule has 0 spiro atoms. The number of hydrogen-bond donors (Lipinski definition) is 2. The van der Waals surface area contributed by atoms with Gasteiger partial charge in [-0.2, -0.15) is 0 Å². The number of nitrogens with one attached hydrogen (secondary N) is 2.